The topological polar surface area (TPSA) is 89.5 Å². The summed E-state index contributed by atoms with van der Waals surface area (Å²) in [6, 6.07) is 6.96. The molecule has 126 valence electrons. The minimum absolute atomic E-state index is 0.0904. The Morgan fingerprint density at radius 2 is 1.74 bits per heavy atom. The molecule has 23 heavy (non-hydrogen) atoms. The van der Waals surface area contributed by atoms with Gasteiger partial charge in [-0.2, -0.15) is 0 Å². The molecule has 1 N–H and O–H groups in total. The maximum absolute atomic E-state index is 12.7. The number of hydrogen-bond acceptors (Lipinski definition) is 7. The lowest BCUT2D eigenvalue weighted by Crippen LogP contribution is -2.05. The van der Waals surface area contributed by atoms with Crippen molar-refractivity contribution < 1.29 is 21.6 Å². The molecule has 2 aromatic rings. The molecule has 0 aliphatic rings. The van der Waals surface area contributed by atoms with Crippen molar-refractivity contribution in [3.8, 4) is 5.75 Å². The number of rotatable bonds is 6. The standard InChI is InChI=1S/C14H17NO5S3/c1-4-20-10-7-11(22(3,16)17)9-12(8-10)23(18,19)14-6-5-13(15-2)21-14/h5-9,15H,4H2,1-3H3. The quantitative estimate of drug-likeness (QED) is 0.834. The molecule has 0 saturated heterocycles. The first kappa shape index (κ1) is 17.8. The third kappa shape index (κ3) is 3.85. The van der Waals surface area contributed by atoms with Gasteiger partial charge in [0.15, 0.2) is 9.84 Å². The van der Waals surface area contributed by atoms with E-state index >= 15 is 0 Å². The van der Waals surface area contributed by atoms with Crippen LogP contribution in [0.2, 0.25) is 0 Å². The van der Waals surface area contributed by atoms with E-state index in [1.54, 1.807) is 20.0 Å². The Morgan fingerprint density at radius 1 is 1.09 bits per heavy atom. The van der Waals surface area contributed by atoms with Crippen LogP contribution in [0.4, 0.5) is 5.00 Å². The summed E-state index contributed by atoms with van der Waals surface area (Å²) in [5, 5.41) is 3.57. The second kappa shape index (κ2) is 6.50. The highest BCUT2D eigenvalue weighted by atomic mass is 32.2. The Balaban J connectivity index is 2.63. The van der Waals surface area contributed by atoms with E-state index in [4.69, 9.17) is 4.74 Å². The monoisotopic (exact) mass is 375 g/mol. The number of ether oxygens (including phenoxy) is 1. The first-order valence-corrected chi connectivity index (χ1v) is 10.9. The van der Waals surface area contributed by atoms with Crippen molar-refractivity contribution in [2.45, 2.75) is 20.9 Å². The van der Waals surface area contributed by atoms with Gasteiger partial charge in [0.2, 0.25) is 9.84 Å². The van der Waals surface area contributed by atoms with Crippen molar-refractivity contribution in [3.63, 3.8) is 0 Å². The van der Waals surface area contributed by atoms with E-state index in [1.807, 2.05) is 0 Å². The van der Waals surface area contributed by atoms with Crippen molar-refractivity contribution in [2.75, 3.05) is 25.2 Å². The van der Waals surface area contributed by atoms with Gasteiger partial charge in [-0.05, 0) is 37.3 Å². The van der Waals surface area contributed by atoms with Crippen LogP contribution >= 0.6 is 11.3 Å². The molecular formula is C14H17NO5S3. The van der Waals surface area contributed by atoms with Gasteiger partial charge >= 0.3 is 0 Å². The van der Waals surface area contributed by atoms with Gasteiger partial charge in [0.25, 0.3) is 0 Å². The molecule has 0 radical (unpaired) electrons. The van der Waals surface area contributed by atoms with Gasteiger partial charge in [-0.1, -0.05) is 0 Å². The van der Waals surface area contributed by atoms with E-state index in [-0.39, 0.29) is 19.7 Å². The smallest absolute Gasteiger partial charge is 0.216 e. The number of benzene rings is 1. The molecule has 6 nitrogen and oxygen atoms in total. The van der Waals surface area contributed by atoms with E-state index < -0.39 is 19.7 Å². The van der Waals surface area contributed by atoms with Crippen LogP contribution < -0.4 is 10.1 Å². The fraction of sp³-hybridized carbons (Fsp3) is 0.286. The summed E-state index contributed by atoms with van der Waals surface area (Å²) in [5.41, 5.74) is 0. The lowest BCUT2D eigenvalue weighted by atomic mass is 10.3. The minimum Gasteiger partial charge on any atom is -0.494 e. The first-order chi connectivity index (χ1) is 10.7. The lowest BCUT2D eigenvalue weighted by molar-refractivity contribution is 0.338. The van der Waals surface area contributed by atoms with Crippen molar-refractivity contribution in [1.29, 1.82) is 0 Å². The maximum Gasteiger partial charge on any atom is 0.216 e. The molecule has 0 saturated carbocycles. The summed E-state index contributed by atoms with van der Waals surface area (Å²) < 4.78 is 54.5. The summed E-state index contributed by atoms with van der Waals surface area (Å²) in [7, 11) is -5.69. The molecule has 0 aliphatic heterocycles. The van der Waals surface area contributed by atoms with Crippen LogP contribution in [0.25, 0.3) is 0 Å². The second-order valence-corrected chi connectivity index (χ2v) is 9.99. The summed E-state index contributed by atoms with van der Waals surface area (Å²) in [6.07, 6.45) is 1.03. The van der Waals surface area contributed by atoms with Gasteiger partial charge in [0, 0.05) is 13.3 Å². The Hall–Kier alpha value is -1.58. The molecule has 1 heterocycles. The second-order valence-electron chi connectivity index (χ2n) is 4.72. The molecular weight excluding hydrogens is 358 g/mol. The SMILES string of the molecule is CCOc1cc(S(C)(=O)=O)cc(S(=O)(=O)c2ccc(NC)s2)c1. The molecule has 0 aliphatic carbocycles. The minimum atomic E-state index is -3.82. The van der Waals surface area contributed by atoms with E-state index in [1.165, 1.54) is 18.2 Å². The normalized spacial score (nSPS) is 12.1. The van der Waals surface area contributed by atoms with Crippen molar-refractivity contribution in [3.05, 3.63) is 30.3 Å². The molecule has 0 atom stereocenters. The summed E-state index contributed by atoms with van der Waals surface area (Å²) in [5.74, 6) is 0.208. The highest BCUT2D eigenvalue weighted by molar-refractivity contribution is 7.93. The first-order valence-electron chi connectivity index (χ1n) is 6.69. The summed E-state index contributed by atoms with van der Waals surface area (Å²) in [4.78, 5) is -0.194. The van der Waals surface area contributed by atoms with Crippen LogP contribution in [0.1, 0.15) is 6.92 Å². The largest absolute Gasteiger partial charge is 0.494 e. The molecule has 0 spiro atoms. The van der Waals surface area contributed by atoms with Crippen LogP contribution in [-0.2, 0) is 19.7 Å². The zero-order chi connectivity index (χ0) is 17.3. The Labute approximate surface area is 140 Å². The molecule has 1 aromatic heterocycles. The van der Waals surface area contributed by atoms with Crippen LogP contribution in [0.3, 0.4) is 0 Å². The number of thiophene rings is 1. The van der Waals surface area contributed by atoms with E-state index in [2.05, 4.69) is 5.32 Å². The van der Waals surface area contributed by atoms with Gasteiger partial charge in [-0.3, -0.25) is 0 Å². The zero-order valence-electron chi connectivity index (χ0n) is 12.9. The average molecular weight is 375 g/mol. The third-order valence-corrected chi connectivity index (χ3v) is 7.42. The van der Waals surface area contributed by atoms with Gasteiger partial charge in [0.1, 0.15) is 9.96 Å². The number of anilines is 1. The molecule has 0 bridgehead atoms. The molecule has 1 aromatic carbocycles. The highest BCUT2D eigenvalue weighted by Gasteiger charge is 2.23. The third-order valence-electron chi connectivity index (χ3n) is 3.00. The van der Waals surface area contributed by atoms with Crippen LogP contribution in [0.5, 0.6) is 5.75 Å². The van der Waals surface area contributed by atoms with E-state index in [0.717, 1.165) is 23.7 Å². The fourth-order valence-corrected chi connectivity index (χ4v) is 5.25. The van der Waals surface area contributed by atoms with Crippen LogP contribution in [0.15, 0.2) is 44.3 Å². The predicted molar refractivity (Wildman–Crippen MR) is 90.0 cm³/mol. The summed E-state index contributed by atoms with van der Waals surface area (Å²) in [6.45, 7) is 2.04. The highest BCUT2D eigenvalue weighted by Crippen LogP contribution is 2.33. The van der Waals surface area contributed by atoms with Gasteiger partial charge in [-0.25, -0.2) is 16.8 Å². The molecule has 0 fully saturated rings. The number of sulfone groups is 2. The van der Waals surface area contributed by atoms with E-state index in [9.17, 15) is 16.8 Å². The van der Waals surface area contributed by atoms with Gasteiger partial charge in [0.05, 0.1) is 21.4 Å². The average Bonchev–Trinajstić information content (AvgIpc) is 2.96. The molecule has 0 amide bonds. The molecule has 0 unspecified atom stereocenters. The zero-order valence-corrected chi connectivity index (χ0v) is 15.3. The van der Waals surface area contributed by atoms with Crippen molar-refractivity contribution in [1.82, 2.24) is 0 Å². The van der Waals surface area contributed by atoms with Gasteiger partial charge in [-0.15, -0.1) is 11.3 Å². The fourth-order valence-electron chi connectivity index (χ4n) is 1.88. The van der Waals surface area contributed by atoms with Crippen LogP contribution in [0, 0.1) is 0 Å². The number of nitrogens with one attached hydrogen (secondary N) is 1. The molecule has 9 heteroatoms. The van der Waals surface area contributed by atoms with Crippen molar-refractivity contribution in [2.24, 2.45) is 0 Å². The Kier molecular flexibility index (Phi) is 5.02. The van der Waals surface area contributed by atoms with Crippen LogP contribution in [-0.4, -0.2) is 36.7 Å². The van der Waals surface area contributed by atoms with Gasteiger partial charge < -0.3 is 10.1 Å². The van der Waals surface area contributed by atoms with E-state index in [0.29, 0.717) is 11.6 Å². The Bertz CT molecular complexity index is 914. The summed E-state index contributed by atoms with van der Waals surface area (Å²) >= 11 is 1.08. The number of hydrogen-bond donors (Lipinski definition) is 1. The van der Waals surface area contributed by atoms with Crippen molar-refractivity contribution >= 4 is 36.0 Å². The maximum atomic E-state index is 12.7. The molecule has 2 rings (SSSR count). The predicted octanol–water partition coefficient (Wildman–Crippen LogP) is 2.42. The Morgan fingerprint density at radius 3 is 2.26 bits per heavy atom. The lowest BCUT2D eigenvalue weighted by Gasteiger charge is -2.09.